The summed E-state index contributed by atoms with van der Waals surface area (Å²) in [5, 5.41) is 5.79. The third-order valence-electron chi connectivity index (χ3n) is 4.58. The van der Waals surface area contributed by atoms with Crippen molar-refractivity contribution in [2.45, 2.75) is 17.7 Å². The standard InChI is InChI=1S/C16H23N3O5S/c1-17-9-11-3-5-19(6-4-11)25(21,22)15-8-13-12(7-14(15)23-2)18-16(20)10-24-13/h7-8,11,17H,3-6,9-10H2,1-2H3,(H,18,20). The number of carbonyl (C=O) groups is 1. The molecule has 0 unspecified atom stereocenters. The summed E-state index contributed by atoms with van der Waals surface area (Å²) in [6.07, 6.45) is 1.64. The molecule has 1 aromatic carbocycles. The van der Waals surface area contributed by atoms with E-state index in [0.29, 0.717) is 30.4 Å². The monoisotopic (exact) mass is 369 g/mol. The summed E-state index contributed by atoms with van der Waals surface area (Å²) >= 11 is 0. The van der Waals surface area contributed by atoms with Crippen molar-refractivity contribution in [2.75, 3.05) is 45.7 Å². The summed E-state index contributed by atoms with van der Waals surface area (Å²) in [6.45, 7) is 1.72. The second-order valence-corrected chi connectivity index (χ2v) is 8.15. The Bertz CT molecular complexity index is 757. The first-order chi connectivity index (χ1) is 12.0. The van der Waals surface area contributed by atoms with Gasteiger partial charge in [-0.05, 0) is 32.4 Å². The van der Waals surface area contributed by atoms with Crippen LogP contribution in [0.1, 0.15) is 12.8 Å². The van der Waals surface area contributed by atoms with Crippen LogP contribution in [0, 0.1) is 5.92 Å². The van der Waals surface area contributed by atoms with Gasteiger partial charge in [-0.15, -0.1) is 0 Å². The Morgan fingerprint density at radius 2 is 2.08 bits per heavy atom. The lowest BCUT2D eigenvalue weighted by Gasteiger charge is -2.31. The van der Waals surface area contributed by atoms with Crippen molar-refractivity contribution in [3.8, 4) is 11.5 Å². The van der Waals surface area contributed by atoms with Crippen LogP contribution < -0.4 is 20.1 Å². The molecule has 2 N–H and O–H groups in total. The number of amides is 1. The predicted octanol–water partition coefficient (Wildman–Crippen LogP) is 0.646. The first kappa shape index (κ1) is 18.0. The zero-order valence-corrected chi connectivity index (χ0v) is 15.2. The van der Waals surface area contributed by atoms with E-state index >= 15 is 0 Å². The Kier molecular flexibility index (Phi) is 5.16. The second kappa shape index (κ2) is 7.19. The molecule has 2 aliphatic heterocycles. The predicted molar refractivity (Wildman–Crippen MR) is 92.5 cm³/mol. The van der Waals surface area contributed by atoms with Crippen LogP contribution >= 0.6 is 0 Å². The van der Waals surface area contributed by atoms with Gasteiger partial charge in [0.15, 0.2) is 6.61 Å². The summed E-state index contributed by atoms with van der Waals surface area (Å²) in [5.74, 6) is 0.739. The normalized spacial score (nSPS) is 19.0. The molecule has 0 bridgehead atoms. The van der Waals surface area contributed by atoms with Gasteiger partial charge >= 0.3 is 0 Å². The van der Waals surface area contributed by atoms with Crippen LogP contribution in [0.4, 0.5) is 5.69 Å². The number of piperidine rings is 1. The van der Waals surface area contributed by atoms with Gasteiger partial charge in [0.2, 0.25) is 10.0 Å². The maximum atomic E-state index is 13.1. The number of fused-ring (bicyclic) bond motifs is 1. The highest BCUT2D eigenvalue weighted by atomic mass is 32.2. The van der Waals surface area contributed by atoms with Crippen LogP contribution in [0.2, 0.25) is 0 Å². The van der Waals surface area contributed by atoms with Crippen molar-refractivity contribution < 1.29 is 22.7 Å². The summed E-state index contributed by atoms with van der Waals surface area (Å²) in [5.41, 5.74) is 0.416. The molecule has 0 aliphatic carbocycles. The first-order valence-corrected chi connectivity index (χ1v) is 9.69. The molecule has 2 heterocycles. The largest absolute Gasteiger partial charge is 0.495 e. The molecule has 2 aliphatic rings. The van der Waals surface area contributed by atoms with Gasteiger partial charge < -0.3 is 20.1 Å². The average Bonchev–Trinajstić information content (AvgIpc) is 2.61. The Morgan fingerprint density at radius 1 is 1.36 bits per heavy atom. The maximum absolute atomic E-state index is 13.1. The van der Waals surface area contributed by atoms with Crippen LogP contribution in [-0.2, 0) is 14.8 Å². The summed E-state index contributed by atoms with van der Waals surface area (Å²) in [7, 11) is -0.384. The van der Waals surface area contributed by atoms with E-state index < -0.39 is 10.0 Å². The third-order valence-corrected chi connectivity index (χ3v) is 6.50. The molecule has 1 aromatic rings. The van der Waals surface area contributed by atoms with E-state index in [4.69, 9.17) is 9.47 Å². The number of methoxy groups -OCH3 is 1. The number of nitrogens with zero attached hydrogens (tertiary/aromatic N) is 1. The van der Waals surface area contributed by atoms with E-state index in [0.717, 1.165) is 19.4 Å². The minimum Gasteiger partial charge on any atom is -0.495 e. The Hall–Kier alpha value is -1.84. The molecule has 138 valence electrons. The fraction of sp³-hybridized carbons (Fsp3) is 0.562. The molecule has 1 fully saturated rings. The molecule has 25 heavy (non-hydrogen) atoms. The summed E-state index contributed by atoms with van der Waals surface area (Å²) in [4.78, 5) is 11.5. The lowest BCUT2D eigenvalue weighted by molar-refractivity contribution is -0.118. The highest BCUT2D eigenvalue weighted by Gasteiger charge is 2.33. The Morgan fingerprint density at radius 3 is 2.72 bits per heavy atom. The number of carbonyl (C=O) groups excluding carboxylic acids is 1. The third kappa shape index (κ3) is 3.58. The fourth-order valence-electron chi connectivity index (χ4n) is 3.23. The average molecular weight is 369 g/mol. The molecule has 0 aromatic heterocycles. The quantitative estimate of drug-likeness (QED) is 0.791. The molecule has 1 saturated heterocycles. The number of sulfonamides is 1. The van der Waals surface area contributed by atoms with Crippen molar-refractivity contribution in [1.29, 1.82) is 0 Å². The van der Waals surface area contributed by atoms with E-state index in [9.17, 15) is 13.2 Å². The van der Waals surface area contributed by atoms with Gasteiger partial charge in [0.05, 0.1) is 12.8 Å². The van der Waals surface area contributed by atoms with Crippen molar-refractivity contribution >= 4 is 21.6 Å². The number of nitrogens with one attached hydrogen (secondary N) is 2. The second-order valence-electron chi connectivity index (χ2n) is 6.24. The number of benzene rings is 1. The zero-order valence-electron chi connectivity index (χ0n) is 14.4. The number of anilines is 1. The van der Waals surface area contributed by atoms with Gasteiger partial charge in [0, 0.05) is 25.2 Å². The topological polar surface area (TPSA) is 97.0 Å². The Labute approximate surface area is 147 Å². The van der Waals surface area contributed by atoms with Gasteiger partial charge in [-0.25, -0.2) is 8.42 Å². The van der Waals surface area contributed by atoms with E-state index in [1.54, 1.807) is 0 Å². The van der Waals surface area contributed by atoms with Gasteiger partial charge in [0.25, 0.3) is 5.91 Å². The number of rotatable bonds is 5. The first-order valence-electron chi connectivity index (χ1n) is 8.25. The maximum Gasteiger partial charge on any atom is 0.262 e. The number of hydrogen-bond acceptors (Lipinski definition) is 6. The zero-order chi connectivity index (χ0) is 18.0. The van der Waals surface area contributed by atoms with Gasteiger partial charge in [-0.2, -0.15) is 4.31 Å². The van der Waals surface area contributed by atoms with Crippen LogP contribution in [0.3, 0.4) is 0 Å². The lowest BCUT2D eigenvalue weighted by Crippen LogP contribution is -2.40. The lowest BCUT2D eigenvalue weighted by atomic mass is 9.98. The minimum atomic E-state index is -3.69. The molecule has 3 rings (SSSR count). The van der Waals surface area contributed by atoms with E-state index in [-0.39, 0.29) is 23.2 Å². The van der Waals surface area contributed by atoms with Crippen molar-refractivity contribution in [2.24, 2.45) is 5.92 Å². The van der Waals surface area contributed by atoms with Crippen LogP contribution in [-0.4, -0.2) is 59.0 Å². The van der Waals surface area contributed by atoms with Crippen LogP contribution in [0.15, 0.2) is 17.0 Å². The van der Waals surface area contributed by atoms with Gasteiger partial charge in [-0.3, -0.25) is 4.79 Å². The van der Waals surface area contributed by atoms with Crippen molar-refractivity contribution in [3.05, 3.63) is 12.1 Å². The van der Waals surface area contributed by atoms with Crippen LogP contribution in [0.25, 0.3) is 0 Å². The molecular formula is C16H23N3O5S. The molecule has 8 nitrogen and oxygen atoms in total. The fourth-order valence-corrected chi connectivity index (χ4v) is 4.85. The van der Waals surface area contributed by atoms with E-state index in [1.165, 1.54) is 23.5 Å². The minimum absolute atomic E-state index is 0.0666. The van der Waals surface area contributed by atoms with Crippen LogP contribution in [0.5, 0.6) is 11.5 Å². The van der Waals surface area contributed by atoms with Gasteiger partial charge in [0.1, 0.15) is 16.4 Å². The Balaban J connectivity index is 1.88. The summed E-state index contributed by atoms with van der Waals surface area (Å²) in [6, 6.07) is 2.93. The molecule has 0 radical (unpaired) electrons. The van der Waals surface area contributed by atoms with Crippen molar-refractivity contribution in [1.82, 2.24) is 9.62 Å². The molecule has 1 amide bonds. The van der Waals surface area contributed by atoms with E-state index in [2.05, 4.69) is 10.6 Å². The number of ether oxygens (including phenoxy) is 2. The molecular weight excluding hydrogens is 346 g/mol. The highest BCUT2D eigenvalue weighted by molar-refractivity contribution is 7.89. The SMILES string of the molecule is CNCC1CCN(S(=O)(=O)c2cc3c(cc2OC)NC(=O)CO3)CC1. The highest BCUT2D eigenvalue weighted by Crippen LogP contribution is 2.39. The molecule has 0 atom stereocenters. The molecule has 0 spiro atoms. The molecule has 9 heteroatoms. The molecule has 0 saturated carbocycles. The van der Waals surface area contributed by atoms with E-state index in [1.807, 2.05) is 7.05 Å². The van der Waals surface area contributed by atoms with Gasteiger partial charge in [-0.1, -0.05) is 0 Å². The smallest absolute Gasteiger partial charge is 0.262 e. The van der Waals surface area contributed by atoms with Crippen molar-refractivity contribution in [3.63, 3.8) is 0 Å². The summed E-state index contributed by atoms with van der Waals surface area (Å²) < 4.78 is 38.2. The number of hydrogen-bond donors (Lipinski definition) is 2.